The van der Waals surface area contributed by atoms with Crippen molar-refractivity contribution in [2.45, 2.75) is 33.8 Å². The van der Waals surface area contributed by atoms with Gasteiger partial charge in [0.2, 0.25) is 0 Å². The number of hydrogen-bond donors (Lipinski definition) is 2. The maximum atomic E-state index is 12.4. The van der Waals surface area contributed by atoms with E-state index < -0.39 is 18.0 Å². The number of esters is 1. The lowest BCUT2D eigenvalue weighted by Crippen LogP contribution is -2.30. The molecule has 0 unspecified atom stereocenters. The highest BCUT2D eigenvalue weighted by Gasteiger charge is 2.24. The Bertz CT molecular complexity index is 1060. The van der Waals surface area contributed by atoms with Gasteiger partial charge in [0.25, 0.3) is 11.5 Å². The lowest BCUT2D eigenvalue weighted by molar-refractivity contribution is -0.123. The van der Waals surface area contributed by atoms with Crippen LogP contribution in [0, 0.1) is 20.8 Å². The average molecular weight is 376 g/mol. The van der Waals surface area contributed by atoms with Crippen LogP contribution in [0.25, 0.3) is 10.2 Å². The monoisotopic (exact) mass is 376 g/mol. The van der Waals surface area contributed by atoms with Gasteiger partial charge in [-0.15, -0.1) is 11.3 Å². The van der Waals surface area contributed by atoms with Gasteiger partial charge in [-0.2, -0.15) is 0 Å². The smallest absolute Gasteiger partial charge is 0.349 e. The summed E-state index contributed by atoms with van der Waals surface area (Å²) in [6, 6.07) is 1.54. The Morgan fingerprint density at radius 2 is 2.08 bits per heavy atom. The first-order chi connectivity index (χ1) is 12.3. The molecule has 9 nitrogen and oxygen atoms in total. The van der Waals surface area contributed by atoms with Crippen molar-refractivity contribution >= 4 is 39.2 Å². The molecule has 0 aliphatic heterocycles. The second-order valence-corrected chi connectivity index (χ2v) is 6.75. The predicted molar refractivity (Wildman–Crippen MR) is 94.5 cm³/mol. The number of ether oxygens (including phenoxy) is 1. The molecule has 26 heavy (non-hydrogen) atoms. The van der Waals surface area contributed by atoms with Crippen molar-refractivity contribution < 1.29 is 18.8 Å². The Morgan fingerprint density at radius 1 is 1.35 bits per heavy atom. The van der Waals surface area contributed by atoms with Gasteiger partial charge in [0.1, 0.15) is 21.3 Å². The molecule has 0 radical (unpaired) electrons. The van der Waals surface area contributed by atoms with Crippen LogP contribution in [0.15, 0.2) is 15.4 Å². The minimum absolute atomic E-state index is 0.236. The number of carbonyl (C=O) groups excluding carboxylic acids is 2. The molecule has 3 rings (SSSR count). The molecular formula is C16H16N4O5S. The Labute approximate surface area is 151 Å². The van der Waals surface area contributed by atoms with E-state index in [9.17, 15) is 14.4 Å². The van der Waals surface area contributed by atoms with Gasteiger partial charge in [-0.3, -0.25) is 9.59 Å². The number of hydrogen-bond acceptors (Lipinski definition) is 8. The number of nitrogens with one attached hydrogen (secondary N) is 2. The fourth-order valence-corrected chi connectivity index (χ4v) is 3.48. The van der Waals surface area contributed by atoms with Crippen LogP contribution in [0.2, 0.25) is 0 Å². The van der Waals surface area contributed by atoms with Gasteiger partial charge in [0, 0.05) is 6.07 Å². The van der Waals surface area contributed by atoms with Crippen molar-refractivity contribution in [1.82, 2.24) is 15.1 Å². The number of fused-ring (bicyclic) bond motifs is 1. The normalized spacial score (nSPS) is 12.2. The number of aryl methyl sites for hydroxylation is 3. The predicted octanol–water partition coefficient (Wildman–Crippen LogP) is 2.08. The molecule has 3 heterocycles. The van der Waals surface area contributed by atoms with Gasteiger partial charge in [0.15, 0.2) is 11.9 Å². The maximum Gasteiger partial charge on any atom is 0.349 e. The third kappa shape index (κ3) is 3.36. The Morgan fingerprint density at radius 3 is 2.73 bits per heavy atom. The second-order valence-electron chi connectivity index (χ2n) is 5.75. The van der Waals surface area contributed by atoms with E-state index in [-0.39, 0.29) is 16.3 Å². The zero-order valence-corrected chi connectivity index (χ0v) is 15.3. The first-order valence-corrected chi connectivity index (χ1v) is 8.53. The van der Waals surface area contributed by atoms with Gasteiger partial charge >= 0.3 is 5.97 Å². The Hall–Kier alpha value is -3.01. The molecule has 10 heteroatoms. The van der Waals surface area contributed by atoms with E-state index in [4.69, 9.17) is 9.26 Å². The highest BCUT2D eigenvalue weighted by atomic mass is 32.1. The van der Waals surface area contributed by atoms with E-state index in [0.29, 0.717) is 27.4 Å². The number of carbonyl (C=O) groups is 2. The molecule has 2 N–H and O–H groups in total. The summed E-state index contributed by atoms with van der Waals surface area (Å²) < 4.78 is 10.1. The Balaban J connectivity index is 1.78. The minimum atomic E-state index is -1.06. The molecule has 0 aliphatic rings. The van der Waals surface area contributed by atoms with Crippen molar-refractivity contribution in [3.63, 3.8) is 0 Å². The molecule has 1 atom stereocenters. The van der Waals surface area contributed by atoms with Crippen molar-refractivity contribution in [2.24, 2.45) is 0 Å². The molecule has 0 aliphatic carbocycles. The minimum Gasteiger partial charge on any atom is -0.448 e. The van der Waals surface area contributed by atoms with Crippen LogP contribution < -0.4 is 10.9 Å². The maximum absolute atomic E-state index is 12.4. The molecule has 0 saturated heterocycles. The lowest BCUT2D eigenvalue weighted by Gasteiger charge is -2.11. The van der Waals surface area contributed by atoms with Crippen LogP contribution >= 0.6 is 11.3 Å². The van der Waals surface area contributed by atoms with Crippen LogP contribution in [-0.4, -0.2) is 33.1 Å². The van der Waals surface area contributed by atoms with Crippen LogP contribution in [0.5, 0.6) is 0 Å². The van der Waals surface area contributed by atoms with E-state index in [1.54, 1.807) is 26.8 Å². The summed E-state index contributed by atoms with van der Waals surface area (Å²) in [5.74, 6) is -0.00315. The van der Waals surface area contributed by atoms with E-state index >= 15 is 0 Å². The van der Waals surface area contributed by atoms with Gasteiger partial charge in [-0.1, -0.05) is 5.16 Å². The van der Waals surface area contributed by atoms with Crippen LogP contribution in [0.3, 0.4) is 0 Å². The number of thiophene rings is 1. The largest absolute Gasteiger partial charge is 0.448 e. The molecular weight excluding hydrogens is 360 g/mol. The number of H-pyrrole nitrogens is 1. The summed E-state index contributed by atoms with van der Waals surface area (Å²) in [5.41, 5.74) is 0.163. The number of nitrogens with zero attached hydrogens (tertiary/aromatic N) is 2. The number of anilines is 1. The summed E-state index contributed by atoms with van der Waals surface area (Å²) in [6.07, 6.45) is -1.06. The van der Waals surface area contributed by atoms with Crippen LogP contribution in [-0.2, 0) is 9.53 Å². The van der Waals surface area contributed by atoms with E-state index in [1.807, 2.05) is 0 Å². The lowest BCUT2D eigenvalue weighted by atomic mass is 10.2. The highest BCUT2D eigenvalue weighted by molar-refractivity contribution is 7.20. The molecule has 136 valence electrons. The summed E-state index contributed by atoms with van der Waals surface area (Å²) in [4.78, 5) is 44.1. The molecule has 0 spiro atoms. The topological polar surface area (TPSA) is 127 Å². The van der Waals surface area contributed by atoms with Crippen molar-refractivity contribution in [1.29, 1.82) is 0 Å². The van der Waals surface area contributed by atoms with Crippen molar-refractivity contribution in [3.05, 3.63) is 38.4 Å². The fourth-order valence-electron chi connectivity index (χ4n) is 2.37. The van der Waals surface area contributed by atoms with Gasteiger partial charge in [-0.25, -0.2) is 9.78 Å². The van der Waals surface area contributed by atoms with Crippen LogP contribution in [0.1, 0.15) is 33.7 Å². The second kappa shape index (κ2) is 6.71. The standard InChI is InChI=1S/C16H16N4O5S/c1-6-5-10(20-25-6)19-13(21)8(3)24-16(23)12-7(2)11-14(22)17-9(4)18-15(11)26-12/h5,8H,1-4H3,(H,17,18,22)(H,19,20,21)/t8-/m0/s1. The third-order valence-electron chi connectivity index (χ3n) is 3.64. The molecule has 0 saturated carbocycles. The first kappa shape index (κ1) is 17.8. The zero-order valence-electron chi connectivity index (χ0n) is 14.5. The summed E-state index contributed by atoms with van der Waals surface area (Å²) >= 11 is 1.06. The van der Waals surface area contributed by atoms with E-state index in [0.717, 1.165) is 11.3 Å². The fraction of sp³-hybridized carbons (Fsp3) is 0.312. The molecule has 1 amide bonds. The molecule has 0 fully saturated rings. The van der Waals surface area contributed by atoms with E-state index in [1.165, 1.54) is 6.92 Å². The molecule has 3 aromatic rings. The molecule has 0 bridgehead atoms. The van der Waals surface area contributed by atoms with Crippen LogP contribution in [0.4, 0.5) is 5.82 Å². The summed E-state index contributed by atoms with van der Waals surface area (Å²) in [5, 5.41) is 6.49. The van der Waals surface area contributed by atoms with Crippen molar-refractivity contribution in [2.75, 3.05) is 5.32 Å². The SMILES string of the molecule is Cc1nc2sc(C(=O)O[C@@H](C)C(=O)Nc3cc(C)on3)c(C)c2c(=O)[nH]1. The highest BCUT2D eigenvalue weighted by Crippen LogP contribution is 2.27. The quantitative estimate of drug-likeness (QED) is 0.667. The third-order valence-corrected chi connectivity index (χ3v) is 4.80. The summed E-state index contributed by atoms with van der Waals surface area (Å²) in [7, 11) is 0. The average Bonchev–Trinajstić information content (AvgIpc) is 3.10. The number of rotatable bonds is 4. The van der Waals surface area contributed by atoms with Crippen molar-refractivity contribution in [3.8, 4) is 0 Å². The number of amides is 1. The van der Waals surface area contributed by atoms with Gasteiger partial charge < -0.3 is 19.6 Å². The zero-order chi connectivity index (χ0) is 19.0. The summed E-state index contributed by atoms with van der Waals surface area (Å²) in [6.45, 7) is 6.43. The number of aromatic amines is 1. The van der Waals surface area contributed by atoms with Gasteiger partial charge in [0.05, 0.1) is 5.39 Å². The molecule has 0 aromatic carbocycles. The number of aromatic nitrogens is 3. The Kier molecular flexibility index (Phi) is 4.60. The van der Waals surface area contributed by atoms with Gasteiger partial charge in [-0.05, 0) is 33.3 Å². The molecule has 3 aromatic heterocycles. The van der Waals surface area contributed by atoms with E-state index in [2.05, 4.69) is 20.4 Å². The first-order valence-electron chi connectivity index (χ1n) is 7.71.